The zero-order valence-corrected chi connectivity index (χ0v) is 8.16. The van der Waals surface area contributed by atoms with Crippen LogP contribution in [0.25, 0.3) is 0 Å². The molecule has 1 heterocycles. The Morgan fingerprint density at radius 3 is 3.00 bits per heavy atom. The summed E-state index contributed by atoms with van der Waals surface area (Å²) in [6.07, 6.45) is 3.50. The quantitative estimate of drug-likeness (QED) is 0.488. The van der Waals surface area contributed by atoms with Gasteiger partial charge in [-0.1, -0.05) is 6.07 Å². The highest BCUT2D eigenvalue weighted by molar-refractivity contribution is 5.53. The third-order valence-electron chi connectivity index (χ3n) is 2.74. The van der Waals surface area contributed by atoms with Crippen molar-refractivity contribution < 1.29 is 5.11 Å². The Morgan fingerprint density at radius 1 is 1.50 bits per heavy atom. The van der Waals surface area contributed by atoms with Crippen LogP contribution in [0.1, 0.15) is 18.4 Å². The van der Waals surface area contributed by atoms with Crippen LogP contribution in [0.4, 0.5) is 5.69 Å². The molecule has 0 amide bonds. The third-order valence-corrected chi connectivity index (χ3v) is 2.74. The molecule has 14 heavy (non-hydrogen) atoms. The number of phenolic OH excluding ortho intramolecular Hbond substituents is 1. The second-order valence-electron chi connectivity index (χ2n) is 3.89. The van der Waals surface area contributed by atoms with Gasteiger partial charge in [0.25, 0.3) is 0 Å². The highest BCUT2D eigenvalue weighted by Gasteiger charge is 2.14. The van der Waals surface area contributed by atoms with E-state index in [1.54, 1.807) is 6.07 Å². The first-order chi connectivity index (χ1) is 6.75. The minimum absolute atomic E-state index is 0.174. The van der Waals surface area contributed by atoms with Gasteiger partial charge < -0.3 is 16.2 Å². The number of aromatic hydroxyl groups is 1. The van der Waals surface area contributed by atoms with Gasteiger partial charge in [-0.2, -0.15) is 0 Å². The number of hydrogen-bond acceptors (Lipinski definition) is 3. The summed E-state index contributed by atoms with van der Waals surface area (Å²) in [4.78, 5) is 0. The molecule has 0 aliphatic carbocycles. The molecule has 1 saturated heterocycles. The van der Waals surface area contributed by atoms with Crippen LogP contribution in [0.3, 0.4) is 0 Å². The van der Waals surface area contributed by atoms with E-state index in [4.69, 9.17) is 5.73 Å². The zero-order valence-electron chi connectivity index (χ0n) is 8.16. The maximum Gasteiger partial charge on any atom is 0.138 e. The molecule has 1 atom stereocenters. The average molecular weight is 192 g/mol. The molecule has 0 radical (unpaired) electrons. The monoisotopic (exact) mass is 192 g/mol. The molecule has 2 rings (SSSR count). The van der Waals surface area contributed by atoms with Crippen molar-refractivity contribution in [2.45, 2.75) is 25.3 Å². The number of benzene rings is 1. The average Bonchev–Trinajstić information content (AvgIpc) is 2.64. The molecule has 3 nitrogen and oxygen atoms in total. The number of phenols is 1. The molecule has 1 aromatic rings. The first-order valence-corrected chi connectivity index (χ1v) is 5.06. The van der Waals surface area contributed by atoms with Gasteiger partial charge in [-0.15, -0.1) is 0 Å². The van der Waals surface area contributed by atoms with Gasteiger partial charge in [-0.05, 0) is 43.5 Å². The van der Waals surface area contributed by atoms with E-state index in [9.17, 15) is 5.11 Å². The molecule has 0 saturated carbocycles. The van der Waals surface area contributed by atoms with Crippen molar-refractivity contribution in [2.24, 2.45) is 0 Å². The van der Waals surface area contributed by atoms with Crippen molar-refractivity contribution >= 4 is 5.69 Å². The molecule has 1 aliphatic rings. The van der Waals surface area contributed by atoms with Gasteiger partial charge >= 0.3 is 0 Å². The number of nitrogens with two attached hydrogens (primary N) is 1. The predicted molar refractivity (Wildman–Crippen MR) is 57.2 cm³/mol. The van der Waals surface area contributed by atoms with Gasteiger partial charge in [0, 0.05) is 6.04 Å². The van der Waals surface area contributed by atoms with E-state index >= 15 is 0 Å². The highest BCUT2D eigenvalue weighted by Crippen LogP contribution is 2.22. The van der Waals surface area contributed by atoms with Crippen molar-refractivity contribution in [3.63, 3.8) is 0 Å². The lowest BCUT2D eigenvalue weighted by molar-refractivity contribution is 0.477. The van der Waals surface area contributed by atoms with E-state index < -0.39 is 0 Å². The Labute approximate surface area is 83.9 Å². The first kappa shape index (κ1) is 9.34. The van der Waals surface area contributed by atoms with Crippen molar-refractivity contribution in [3.05, 3.63) is 23.8 Å². The molecule has 4 N–H and O–H groups in total. The van der Waals surface area contributed by atoms with Gasteiger partial charge in [0.1, 0.15) is 5.75 Å². The topological polar surface area (TPSA) is 58.3 Å². The molecule has 1 fully saturated rings. The molecule has 0 aromatic heterocycles. The standard InChI is InChI=1S/C11H16N2O/c12-10-7-8(3-4-11(10)14)6-9-2-1-5-13-9/h3-4,7,9,13-14H,1-2,5-6,12H2. The van der Waals surface area contributed by atoms with Crippen molar-refractivity contribution in [2.75, 3.05) is 12.3 Å². The lowest BCUT2D eigenvalue weighted by atomic mass is 10.0. The minimum Gasteiger partial charge on any atom is -0.506 e. The number of rotatable bonds is 2. The fraction of sp³-hybridized carbons (Fsp3) is 0.455. The Hall–Kier alpha value is -1.22. The summed E-state index contributed by atoms with van der Waals surface area (Å²) in [6.45, 7) is 1.12. The fourth-order valence-corrected chi connectivity index (χ4v) is 1.95. The Kier molecular flexibility index (Phi) is 2.59. The van der Waals surface area contributed by atoms with Gasteiger partial charge in [0.2, 0.25) is 0 Å². The van der Waals surface area contributed by atoms with Crippen LogP contribution < -0.4 is 11.1 Å². The van der Waals surface area contributed by atoms with E-state index in [1.807, 2.05) is 12.1 Å². The lowest BCUT2D eigenvalue weighted by Crippen LogP contribution is -2.23. The van der Waals surface area contributed by atoms with Crippen LogP contribution >= 0.6 is 0 Å². The van der Waals surface area contributed by atoms with Gasteiger partial charge in [0.05, 0.1) is 5.69 Å². The maximum atomic E-state index is 9.26. The second kappa shape index (κ2) is 3.88. The van der Waals surface area contributed by atoms with Gasteiger partial charge in [-0.3, -0.25) is 0 Å². The largest absolute Gasteiger partial charge is 0.506 e. The molecule has 1 aromatic carbocycles. The number of nitrogen functional groups attached to an aromatic ring is 1. The molecular formula is C11H16N2O. The second-order valence-corrected chi connectivity index (χ2v) is 3.89. The minimum atomic E-state index is 0.174. The highest BCUT2D eigenvalue weighted by atomic mass is 16.3. The van der Waals surface area contributed by atoms with Crippen LogP contribution in [-0.4, -0.2) is 17.7 Å². The lowest BCUT2D eigenvalue weighted by Gasteiger charge is -2.10. The number of anilines is 1. The smallest absolute Gasteiger partial charge is 0.138 e. The van der Waals surface area contributed by atoms with Crippen LogP contribution in [0, 0.1) is 0 Å². The Bertz CT molecular complexity index is 319. The summed E-state index contributed by atoms with van der Waals surface area (Å²) in [7, 11) is 0. The van der Waals surface area contributed by atoms with E-state index in [-0.39, 0.29) is 5.75 Å². The first-order valence-electron chi connectivity index (χ1n) is 5.06. The van der Waals surface area contributed by atoms with Crippen LogP contribution in [0.2, 0.25) is 0 Å². The van der Waals surface area contributed by atoms with E-state index in [2.05, 4.69) is 5.32 Å². The summed E-state index contributed by atoms with van der Waals surface area (Å²) < 4.78 is 0. The third kappa shape index (κ3) is 1.99. The van der Waals surface area contributed by atoms with Crippen LogP contribution in [0.5, 0.6) is 5.75 Å². The Balaban J connectivity index is 2.05. The van der Waals surface area contributed by atoms with Gasteiger partial charge in [0.15, 0.2) is 0 Å². The SMILES string of the molecule is Nc1cc(CC2CCCN2)ccc1O. The zero-order chi connectivity index (χ0) is 9.97. The van der Waals surface area contributed by atoms with E-state index in [0.29, 0.717) is 11.7 Å². The molecule has 0 bridgehead atoms. The molecule has 76 valence electrons. The predicted octanol–water partition coefficient (Wildman–Crippen LogP) is 1.27. The summed E-state index contributed by atoms with van der Waals surface area (Å²) >= 11 is 0. The van der Waals surface area contributed by atoms with E-state index in [1.165, 1.54) is 18.4 Å². The molecule has 3 heteroatoms. The van der Waals surface area contributed by atoms with Gasteiger partial charge in [-0.25, -0.2) is 0 Å². The Morgan fingerprint density at radius 2 is 2.36 bits per heavy atom. The van der Waals surface area contributed by atoms with Crippen molar-refractivity contribution in [1.82, 2.24) is 5.32 Å². The van der Waals surface area contributed by atoms with Crippen LogP contribution in [-0.2, 0) is 6.42 Å². The molecular weight excluding hydrogens is 176 g/mol. The summed E-state index contributed by atoms with van der Waals surface area (Å²) in [5.41, 5.74) is 7.29. The fourth-order valence-electron chi connectivity index (χ4n) is 1.95. The summed E-state index contributed by atoms with van der Waals surface area (Å²) in [6, 6.07) is 6.04. The number of nitrogens with one attached hydrogen (secondary N) is 1. The molecule has 0 spiro atoms. The van der Waals surface area contributed by atoms with E-state index in [0.717, 1.165) is 13.0 Å². The number of hydrogen-bond donors (Lipinski definition) is 3. The van der Waals surface area contributed by atoms with Crippen LogP contribution in [0.15, 0.2) is 18.2 Å². The van der Waals surface area contributed by atoms with Crippen molar-refractivity contribution in [1.29, 1.82) is 0 Å². The normalized spacial score (nSPS) is 21.3. The maximum absolute atomic E-state index is 9.26. The summed E-state index contributed by atoms with van der Waals surface area (Å²) in [5, 5.41) is 12.7. The molecule has 1 unspecified atom stereocenters. The summed E-state index contributed by atoms with van der Waals surface area (Å²) in [5.74, 6) is 0.174. The van der Waals surface area contributed by atoms with Crippen molar-refractivity contribution in [3.8, 4) is 5.75 Å². The molecule has 1 aliphatic heterocycles.